The summed E-state index contributed by atoms with van der Waals surface area (Å²) >= 11 is 0. The molecule has 78 valence electrons. The number of rotatable bonds is 5. The fourth-order valence-electron chi connectivity index (χ4n) is 1.49. The molecule has 1 aromatic rings. The zero-order valence-electron chi connectivity index (χ0n) is 8.40. The molecule has 0 unspecified atom stereocenters. The zero-order valence-corrected chi connectivity index (χ0v) is 8.40. The van der Waals surface area contributed by atoms with E-state index in [0.29, 0.717) is 6.61 Å². The molecule has 0 amide bonds. The van der Waals surface area contributed by atoms with Crippen LogP contribution in [-0.4, -0.2) is 33.0 Å². The molecule has 1 fully saturated rings. The topological polar surface area (TPSA) is 63.0 Å². The molecule has 1 saturated carbocycles. The monoisotopic (exact) mass is 196 g/mol. The summed E-state index contributed by atoms with van der Waals surface area (Å²) in [5, 5.41) is 16.4. The van der Waals surface area contributed by atoms with Gasteiger partial charge in [-0.05, 0) is 12.8 Å². The molecule has 1 aliphatic rings. The van der Waals surface area contributed by atoms with E-state index in [9.17, 15) is 0 Å². The van der Waals surface area contributed by atoms with Crippen LogP contribution in [0.2, 0.25) is 0 Å². The summed E-state index contributed by atoms with van der Waals surface area (Å²) in [7, 11) is 1.88. The van der Waals surface area contributed by atoms with Crippen LogP contribution in [0.4, 0.5) is 0 Å². The molecule has 0 radical (unpaired) electrons. The zero-order chi connectivity index (χ0) is 10.0. The number of nitrogens with zero attached hydrogens (tertiary/aromatic N) is 3. The average molecular weight is 196 g/mol. The quantitative estimate of drug-likeness (QED) is 0.677. The van der Waals surface area contributed by atoms with Crippen molar-refractivity contribution in [3.8, 4) is 0 Å². The molecule has 5 nitrogen and oxygen atoms in total. The van der Waals surface area contributed by atoms with Crippen LogP contribution in [0.15, 0.2) is 6.33 Å². The summed E-state index contributed by atoms with van der Waals surface area (Å²) in [6.45, 7) is 1.88. The molecule has 0 atom stereocenters. The second-order valence-corrected chi connectivity index (χ2v) is 4.06. The van der Waals surface area contributed by atoms with Gasteiger partial charge in [0.15, 0.2) is 0 Å². The molecule has 0 saturated heterocycles. The van der Waals surface area contributed by atoms with Crippen LogP contribution in [0.25, 0.3) is 0 Å². The van der Waals surface area contributed by atoms with Gasteiger partial charge in [-0.3, -0.25) is 4.68 Å². The van der Waals surface area contributed by atoms with Gasteiger partial charge in [0.05, 0.1) is 6.54 Å². The Morgan fingerprint density at radius 3 is 2.93 bits per heavy atom. The Bertz CT molecular complexity index is 306. The number of aliphatic hydroxyl groups excluding tert-OH is 1. The van der Waals surface area contributed by atoms with Gasteiger partial charge in [0.2, 0.25) is 0 Å². The lowest BCUT2D eigenvalue weighted by molar-refractivity contribution is 0.207. The van der Waals surface area contributed by atoms with Crippen LogP contribution < -0.4 is 5.32 Å². The number of aryl methyl sites for hydroxylation is 1. The second kappa shape index (κ2) is 3.67. The normalized spacial score (nSPS) is 18.4. The van der Waals surface area contributed by atoms with Crippen LogP contribution in [0.5, 0.6) is 0 Å². The van der Waals surface area contributed by atoms with E-state index in [4.69, 9.17) is 5.11 Å². The summed E-state index contributed by atoms with van der Waals surface area (Å²) in [5.41, 5.74) is 0.165. The first kappa shape index (κ1) is 9.61. The van der Waals surface area contributed by atoms with Crippen LogP contribution >= 0.6 is 0 Å². The van der Waals surface area contributed by atoms with E-state index in [1.54, 1.807) is 11.0 Å². The first-order valence-electron chi connectivity index (χ1n) is 4.90. The van der Waals surface area contributed by atoms with Gasteiger partial charge in [0, 0.05) is 25.6 Å². The third kappa shape index (κ3) is 1.93. The third-order valence-electron chi connectivity index (χ3n) is 2.88. The molecule has 0 spiro atoms. The predicted molar refractivity (Wildman–Crippen MR) is 51.5 cm³/mol. The summed E-state index contributed by atoms with van der Waals surface area (Å²) in [4.78, 5) is 4.11. The maximum absolute atomic E-state index is 9.10. The summed E-state index contributed by atoms with van der Waals surface area (Å²) < 4.78 is 1.76. The van der Waals surface area contributed by atoms with Gasteiger partial charge in [0.1, 0.15) is 12.2 Å². The highest BCUT2D eigenvalue weighted by molar-refractivity contribution is 4.95. The highest BCUT2D eigenvalue weighted by Gasteiger charge is 2.41. The molecule has 1 aliphatic carbocycles. The molecular weight excluding hydrogens is 180 g/mol. The fraction of sp³-hybridized carbons (Fsp3) is 0.778. The molecule has 0 aromatic carbocycles. The first-order valence-corrected chi connectivity index (χ1v) is 4.90. The second-order valence-electron chi connectivity index (χ2n) is 4.06. The first-order chi connectivity index (χ1) is 6.76. The average Bonchev–Trinajstić information content (AvgIpc) is 2.86. The molecule has 1 heterocycles. The number of aliphatic hydroxyl groups is 1. The third-order valence-corrected chi connectivity index (χ3v) is 2.88. The van der Waals surface area contributed by atoms with Crippen molar-refractivity contribution in [1.82, 2.24) is 20.1 Å². The Labute approximate surface area is 83.2 Å². The van der Waals surface area contributed by atoms with Gasteiger partial charge in [0.25, 0.3) is 0 Å². The van der Waals surface area contributed by atoms with Gasteiger partial charge in [-0.2, -0.15) is 5.10 Å². The molecule has 2 N–H and O–H groups in total. The van der Waals surface area contributed by atoms with E-state index in [1.807, 2.05) is 7.05 Å². The van der Waals surface area contributed by atoms with Crippen LogP contribution in [-0.2, 0) is 13.6 Å². The molecular formula is C9H16N4O. The molecule has 5 heteroatoms. The molecule has 1 aromatic heterocycles. The number of hydrogen-bond acceptors (Lipinski definition) is 4. The molecule has 2 rings (SSSR count). The lowest BCUT2D eigenvalue weighted by Crippen LogP contribution is -2.27. The molecule has 0 aliphatic heterocycles. The predicted octanol–water partition coefficient (Wildman–Crippen LogP) is -0.323. The SMILES string of the molecule is Cn1ncnc1CNCC1(CO)CC1. The summed E-state index contributed by atoms with van der Waals surface area (Å²) in [6.07, 6.45) is 3.82. The van der Waals surface area contributed by atoms with E-state index >= 15 is 0 Å². The minimum Gasteiger partial charge on any atom is -0.396 e. The lowest BCUT2D eigenvalue weighted by atomic mass is 10.1. The standard InChI is InChI=1S/C9H16N4O/c1-13-8(11-7-12-13)4-10-5-9(6-14)2-3-9/h7,10,14H,2-6H2,1H3. The summed E-state index contributed by atoms with van der Waals surface area (Å²) in [5.74, 6) is 0.929. The fourth-order valence-corrected chi connectivity index (χ4v) is 1.49. The van der Waals surface area contributed by atoms with E-state index in [-0.39, 0.29) is 5.41 Å². The van der Waals surface area contributed by atoms with Gasteiger partial charge < -0.3 is 10.4 Å². The Kier molecular flexibility index (Phi) is 2.52. The highest BCUT2D eigenvalue weighted by atomic mass is 16.3. The van der Waals surface area contributed by atoms with Gasteiger partial charge in [-0.25, -0.2) is 4.98 Å². The van der Waals surface area contributed by atoms with Crippen LogP contribution in [0, 0.1) is 5.41 Å². The maximum Gasteiger partial charge on any atom is 0.140 e. The lowest BCUT2D eigenvalue weighted by Gasteiger charge is -2.11. The number of hydrogen-bond donors (Lipinski definition) is 2. The van der Waals surface area contributed by atoms with Crippen molar-refractivity contribution < 1.29 is 5.11 Å². The maximum atomic E-state index is 9.10. The molecule has 14 heavy (non-hydrogen) atoms. The number of aromatic nitrogens is 3. The van der Waals surface area contributed by atoms with Gasteiger partial charge >= 0.3 is 0 Å². The van der Waals surface area contributed by atoms with Crippen molar-refractivity contribution >= 4 is 0 Å². The number of nitrogens with one attached hydrogen (secondary N) is 1. The minimum absolute atomic E-state index is 0.165. The minimum atomic E-state index is 0.165. The van der Waals surface area contributed by atoms with Crippen LogP contribution in [0.1, 0.15) is 18.7 Å². The summed E-state index contributed by atoms with van der Waals surface area (Å²) in [6, 6.07) is 0. The van der Waals surface area contributed by atoms with E-state index in [1.165, 1.54) is 0 Å². The van der Waals surface area contributed by atoms with E-state index < -0.39 is 0 Å². The van der Waals surface area contributed by atoms with Gasteiger partial charge in [-0.15, -0.1) is 0 Å². The highest BCUT2D eigenvalue weighted by Crippen LogP contribution is 2.44. The van der Waals surface area contributed by atoms with Crippen molar-refractivity contribution in [1.29, 1.82) is 0 Å². The van der Waals surface area contributed by atoms with E-state index in [0.717, 1.165) is 31.8 Å². The Balaban J connectivity index is 1.76. The van der Waals surface area contributed by atoms with Gasteiger partial charge in [-0.1, -0.05) is 0 Å². The van der Waals surface area contributed by atoms with Crippen molar-refractivity contribution in [3.63, 3.8) is 0 Å². The van der Waals surface area contributed by atoms with Crippen molar-refractivity contribution in [2.24, 2.45) is 12.5 Å². The van der Waals surface area contributed by atoms with Crippen molar-refractivity contribution in [2.45, 2.75) is 19.4 Å². The smallest absolute Gasteiger partial charge is 0.140 e. The molecule has 0 bridgehead atoms. The Morgan fingerprint density at radius 1 is 1.64 bits per heavy atom. The van der Waals surface area contributed by atoms with Crippen molar-refractivity contribution in [2.75, 3.05) is 13.2 Å². The van der Waals surface area contributed by atoms with Crippen molar-refractivity contribution in [3.05, 3.63) is 12.2 Å². The Morgan fingerprint density at radius 2 is 2.43 bits per heavy atom. The van der Waals surface area contributed by atoms with E-state index in [2.05, 4.69) is 15.4 Å². The largest absolute Gasteiger partial charge is 0.396 e. The van der Waals surface area contributed by atoms with Crippen LogP contribution in [0.3, 0.4) is 0 Å². The Hall–Kier alpha value is -0.940.